The monoisotopic (exact) mass is 268 g/mol. The van der Waals surface area contributed by atoms with E-state index >= 15 is 0 Å². The standard InChI is InChI=1S/C11H9BrOS/c1-6-9-4-3-8(7(2)13)5-10(9)14-11(6)12/h3-5H,1-2H3. The molecule has 0 N–H and O–H groups in total. The van der Waals surface area contributed by atoms with Crippen LogP contribution in [0.3, 0.4) is 0 Å². The van der Waals surface area contributed by atoms with Gasteiger partial charge in [-0.25, -0.2) is 0 Å². The van der Waals surface area contributed by atoms with Crippen molar-refractivity contribution >= 4 is 43.1 Å². The van der Waals surface area contributed by atoms with Gasteiger partial charge in [0.15, 0.2) is 5.78 Å². The Labute approximate surface area is 94.9 Å². The molecule has 14 heavy (non-hydrogen) atoms. The van der Waals surface area contributed by atoms with Gasteiger partial charge in [0.25, 0.3) is 0 Å². The molecule has 0 radical (unpaired) electrons. The lowest BCUT2D eigenvalue weighted by Crippen LogP contribution is -1.89. The average Bonchev–Trinajstić information content (AvgIpc) is 2.42. The number of hydrogen-bond donors (Lipinski definition) is 0. The van der Waals surface area contributed by atoms with Crippen molar-refractivity contribution in [3.63, 3.8) is 0 Å². The molecule has 3 heteroatoms. The Morgan fingerprint density at radius 3 is 2.79 bits per heavy atom. The molecular weight excluding hydrogens is 260 g/mol. The second-order valence-corrected chi connectivity index (χ2v) is 5.64. The van der Waals surface area contributed by atoms with Crippen molar-refractivity contribution in [2.75, 3.05) is 0 Å². The number of benzene rings is 1. The van der Waals surface area contributed by atoms with Crippen LogP contribution in [0.15, 0.2) is 22.0 Å². The fraction of sp³-hybridized carbons (Fsp3) is 0.182. The normalized spacial score (nSPS) is 10.8. The van der Waals surface area contributed by atoms with Gasteiger partial charge in [0.05, 0.1) is 3.79 Å². The van der Waals surface area contributed by atoms with Gasteiger partial charge in [0.1, 0.15) is 0 Å². The second-order valence-electron chi connectivity index (χ2n) is 3.27. The van der Waals surface area contributed by atoms with Gasteiger partial charge in [-0.2, -0.15) is 0 Å². The SMILES string of the molecule is CC(=O)c1ccc2c(C)c(Br)sc2c1. The maximum absolute atomic E-state index is 11.2. The first kappa shape index (κ1) is 9.87. The maximum Gasteiger partial charge on any atom is 0.159 e. The van der Waals surface area contributed by atoms with Crippen LogP contribution < -0.4 is 0 Å². The first-order valence-electron chi connectivity index (χ1n) is 4.29. The predicted octanol–water partition coefficient (Wildman–Crippen LogP) is 4.17. The molecule has 0 saturated carbocycles. The fourth-order valence-electron chi connectivity index (χ4n) is 1.41. The summed E-state index contributed by atoms with van der Waals surface area (Å²) in [7, 11) is 0. The van der Waals surface area contributed by atoms with Crippen LogP contribution in [0.25, 0.3) is 10.1 Å². The highest BCUT2D eigenvalue weighted by atomic mass is 79.9. The number of rotatable bonds is 1. The molecule has 0 spiro atoms. The molecule has 72 valence electrons. The van der Waals surface area contributed by atoms with Gasteiger partial charge in [-0.05, 0) is 46.8 Å². The van der Waals surface area contributed by atoms with Crippen molar-refractivity contribution in [3.8, 4) is 0 Å². The third-order valence-electron chi connectivity index (χ3n) is 2.29. The van der Waals surface area contributed by atoms with E-state index in [4.69, 9.17) is 0 Å². The lowest BCUT2D eigenvalue weighted by atomic mass is 10.1. The van der Waals surface area contributed by atoms with E-state index in [0.717, 1.165) is 9.35 Å². The Balaban J connectivity index is 2.73. The molecule has 2 rings (SSSR count). The minimum absolute atomic E-state index is 0.120. The summed E-state index contributed by atoms with van der Waals surface area (Å²) in [5.74, 6) is 0.120. The van der Waals surface area contributed by atoms with Crippen LogP contribution in [0.2, 0.25) is 0 Å². The van der Waals surface area contributed by atoms with Crippen molar-refractivity contribution in [2.24, 2.45) is 0 Å². The van der Waals surface area contributed by atoms with Crippen LogP contribution in [0, 0.1) is 6.92 Å². The molecule has 0 fully saturated rings. The third-order valence-corrected chi connectivity index (χ3v) is 4.41. The summed E-state index contributed by atoms with van der Waals surface area (Å²) in [6.45, 7) is 3.67. The number of carbonyl (C=O) groups excluding carboxylic acids is 1. The number of fused-ring (bicyclic) bond motifs is 1. The summed E-state index contributed by atoms with van der Waals surface area (Å²) in [5, 5.41) is 1.23. The van der Waals surface area contributed by atoms with Gasteiger partial charge in [-0.1, -0.05) is 12.1 Å². The molecule has 0 unspecified atom stereocenters. The van der Waals surface area contributed by atoms with Gasteiger partial charge in [0.2, 0.25) is 0 Å². The molecule has 0 saturated heterocycles. The Bertz CT molecular complexity index is 513. The van der Waals surface area contributed by atoms with Gasteiger partial charge in [-0.3, -0.25) is 4.79 Å². The van der Waals surface area contributed by atoms with Gasteiger partial charge < -0.3 is 0 Å². The van der Waals surface area contributed by atoms with Gasteiger partial charge in [-0.15, -0.1) is 11.3 Å². The highest BCUT2D eigenvalue weighted by molar-refractivity contribution is 9.11. The second kappa shape index (κ2) is 3.48. The van der Waals surface area contributed by atoms with Crippen LogP contribution in [0.5, 0.6) is 0 Å². The number of hydrogen-bond acceptors (Lipinski definition) is 2. The molecular formula is C11H9BrOS. The molecule has 1 aromatic heterocycles. The van der Waals surface area contributed by atoms with Crippen LogP contribution in [0.1, 0.15) is 22.8 Å². The molecule has 2 aromatic rings. The summed E-state index contributed by atoms with van der Waals surface area (Å²) < 4.78 is 2.32. The Morgan fingerprint density at radius 2 is 2.14 bits per heavy atom. The lowest BCUT2D eigenvalue weighted by molar-refractivity contribution is 0.101. The topological polar surface area (TPSA) is 17.1 Å². The fourth-order valence-corrected chi connectivity index (χ4v) is 3.12. The zero-order valence-corrected chi connectivity index (χ0v) is 10.3. The lowest BCUT2D eigenvalue weighted by Gasteiger charge is -1.95. The predicted molar refractivity (Wildman–Crippen MR) is 64.3 cm³/mol. The molecule has 0 atom stereocenters. The molecule has 0 amide bonds. The van der Waals surface area contributed by atoms with E-state index in [1.165, 1.54) is 15.6 Å². The van der Waals surface area contributed by atoms with Crippen LogP contribution in [0.4, 0.5) is 0 Å². The van der Waals surface area contributed by atoms with E-state index < -0.39 is 0 Å². The van der Waals surface area contributed by atoms with E-state index in [1.54, 1.807) is 18.3 Å². The van der Waals surface area contributed by atoms with Gasteiger partial charge >= 0.3 is 0 Å². The first-order chi connectivity index (χ1) is 6.59. The minimum atomic E-state index is 0.120. The van der Waals surface area contributed by atoms with E-state index in [-0.39, 0.29) is 5.78 Å². The molecule has 0 aliphatic carbocycles. The van der Waals surface area contributed by atoms with Crippen LogP contribution in [-0.4, -0.2) is 5.78 Å². The molecule has 0 bridgehead atoms. The smallest absolute Gasteiger partial charge is 0.159 e. The molecule has 0 aliphatic rings. The van der Waals surface area contributed by atoms with Crippen molar-refractivity contribution in [3.05, 3.63) is 33.1 Å². The summed E-state index contributed by atoms with van der Waals surface area (Å²) in [6, 6.07) is 5.86. The number of carbonyl (C=O) groups is 1. The van der Waals surface area contributed by atoms with Crippen LogP contribution in [-0.2, 0) is 0 Å². The van der Waals surface area contributed by atoms with Crippen LogP contribution >= 0.6 is 27.3 Å². The average molecular weight is 269 g/mol. The zero-order valence-electron chi connectivity index (χ0n) is 7.93. The molecule has 1 nitrogen and oxygen atoms in total. The van der Waals surface area contributed by atoms with Crippen molar-refractivity contribution in [2.45, 2.75) is 13.8 Å². The third kappa shape index (κ3) is 1.51. The Kier molecular flexibility index (Phi) is 2.45. The maximum atomic E-state index is 11.2. The number of Topliss-reactive ketones (excluding diaryl/α,β-unsaturated/α-hetero) is 1. The number of halogens is 1. The summed E-state index contributed by atoms with van der Waals surface area (Å²) in [6.07, 6.45) is 0. The molecule has 1 aromatic carbocycles. The van der Waals surface area contributed by atoms with E-state index in [2.05, 4.69) is 22.9 Å². The van der Waals surface area contributed by atoms with Crippen molar-refractivity contribution < 1.29 is 4.79 Å². The summed E-state index contributed by atoms with van der Waals surface area (Å²) in [5.41, 5.74) is 2.03. The van der Waals surface area contributed by atoms with Gasteiger partial charge in [0, 0.05) is 10.3 Å². The summed E-state index contributed by atoms with van der Waals surface area (Å²) >= 11 is 5.18. The number of aryl methyl sites for hydroxylation is 1. The zero-order chi connectivity index (χ0) is 10.3. The van der Waals surface area contributed by atoms with Crippen molar-refractivity contribution in [1.29, 1.82) is 0 Å². The number of ketones is 1. The molecule has 0 aliphatic heterocycles. The van der Waals surface area contributed by atoms with Crippen molar-refractivity contribution in [1.82, 2.24) is 0 Å². The Morgan fingerprint density at radius 1 is 1.43 bits per heavy atom. The quantitative estimate of drug-likeness (QED) is 0.710. The molecule has 1 heterocycles. The summed E-state index contributed by atoms with van der Waals surface area (Å²) in [4.78, 5) is 11.2. The highest BCUT2D eigenvalue weighted by Gasteiger charge is 2.07. The highest BCUT2D eigenvalue weighted by Crippen LogP contribution is 2.35. The largest absolute Gasteiger partial charge is 0.295 e. The Hall–Kier alpha value is -0.670. The first-order valence-corrected chi connectivity index (χ1v) is 5.90. The van der Waals surface area contributed by atoms with E-state index in [9.17, 15) is 4.79 Å². The minimum Gasteiger partial charge on any atom is -0.295 e. The van der Waals surface area contributed by atoms with E-state index in [1.807, 2.05) is 18.2 Å². The van der Waals surface area contributed by atoms with E-state index in [0.29, 0.717) is 0 Å². The number of thiophene rings is 1.